The second-order valence-electron chi connectivity index (χ2n) is 6.38. The third-order valence-electron chi connectivity index (χ3n) is 4.67. The van der Waals surface area contributed by atoms with Gasteiger partial charge in [0.15, 0.2) is 9.84 Å². The molecule has 1 aliphatic rings. The van der Waals surface area contributed by atoms with E-state index in [-0.39, 0.29) is 41.5 Å². The van der Waals surface area contributed by atoms with Crippen molar-refractivity contribution in [2.45, 2.75) is 11.7 Å². The summed E-state index contributed by atoms with van der Waals surface area (Å²) in [6.45, 7) is 0.0589. The van der Waals surface area contributed by atoms with E-state index in [0.29, 0.717) is 10.6 Å². The van der Waals surface area contributed by atoms with Gasteiger partial charge in [-0.25, -0.2) is 8.42 Å². The average Bonchev–Trinajstić information content (AvgIpc) is 2.79. The van der Waals surface area contributed by atoms with Crippen LogP contribution in [0.15, 0.2) is 42.5 Å². The number of nitro groups is 1. The summed E-state index contributed by atoms with van der Waals surface area (Å²) >= 11 is 12.1. The molecule has 0 spiro atoms. The molecule has 1 amide bonds. The van der Waals surface area contributed by atoms with Crippen molar-refractivity contribution >= 4 is 44.6 Å². The highest BCUT2D eigenvalue weighted by Crippen LogP contribution is 2.34. The van der Waals surface area contributed by atoms with Crippen LogP contribution in [0, 0.1) is 10.1 Å². The van der Waals surface area contributed by atoms with Gasteiger partial charge in [0.05, 0.1) is 15.9 Å². The van der Waals surface area contributed by atoms with Gasteiger partial charge in [-0.1, -0.05) is 41.4 Å². The molecule has 0 bridgehead atoms. The minimum Gasteiger partial charge on any atom is -0.337 e. The van der Waals surface area contributed by atoms with Crippen LogP contribution < -0.4 is 0 Å². The average molecular weight is 443 g/mol. The lowest BCUT2D eigenvalue weighted by Crippen LogP contribution is -2.34. The first-order valence-electron chi connectivity index (χ1n) is 8.40. The molecule has 0 saturated carbocycles. The molecule has 2 aromatic carbocycles. The summed E-state index contributed by atoms with van der Waals surface area (Å²) in [6, 6.07) is 10.4. The maximum atomic E-state index is 12.9. The zero-order valence-corrected chi connectivity index (χ0v) is 16.9. The van der Waals surface area contributed by atoms with Gasteiger partial charge < -0.3 is 4.90 Å². The second kappa shape index (κ2) is 8.06. The van der Waals surface area contributed by atoms with Crippen LogP contribution >= 0.6 is 23.2 Å². The van der Waals surface area contributed by atoms with Crippen LogP contribution in [0.5, 0.6) is 0 Å². The lowest BCUT2D eigenvalue weighted by molar-refractivity contribution is -0.385. The van der Waals surface area contributed by atoms with Crippen molar-refractivity contribution in [3.05, 3.63) is 73.8 Å². The number of hydrogen-bond donors (Lipinski definition) is 0. The molecule has 10 heteroatoms. The molecule has 1 fully saturated rings. The minimum absolute atomic E-state index is 0.0637. The van der Waals surface area contributed by atoms with Crippen molar-refractivity contribution in [1.82, 2.24) is 4.90 Å². The Hall–Kier alpha value is -2.16. The van der Waals surface area contributed by atoms with Crippen LogP contribution in [0.4, 0.5) is 5.69 Å². The fourth-order valence-corrected chi connectivity index (χ4v) is 5.56. The molecule has 3 rings (SSSR count). The van der Waals surface area contributed by atoms with E-state index in [1.165, 1.54) is 17.0 Å². The number of sulfone groups is 1. The van der Waals surface area contributed by atoms with E-state index in [2.05, 4.69) is 0 Å². The Bertz CT molecular complexity index is 1040. The summed E-state index contributed by atoms with van der Waals surface area (Å²) in [5.41, 5.74) is -0.0394. The maximum absolute atomic E-state index is 12.9. The van der Waals surface area contributed by atoms with Gasteiger partial charge in [-0.05, 0) is 30.2 Å². The Morgan fingerprint density at radius 3 is 2.54 bits per heavy atom. The van der Waals surface area contributed by atoms with E-state index in [1.54, 1.807) is 24.3 Å². The highest BCUT2D eigenvalue weighted by Gasteiger charge is 2.35. The number of rotatable bonds is 3. The van der Waals surface area contributed by atoms with Crippen molar-refractivity contribution in [3.8, 4) is 0 Å². The van der Waals surface area contributed by atoms with Gasteiger partial charge in [0.25, 0.3) is 11.6 Å². The van der Waals surface area contributed by atoms with Crippen LogP contribution in [0.25, 0.3) is 0 Å². The topological polar surface area (TPSA) is 97.6 Å². The van der Waals surface area contributed by atoms with Crippen LogP contribution in [0.3, 0.4) is 0 Å². The number of halogens is 2. The Kier molecular flexibility index (Phi) is 5.92. The molecule has 148 valence electrons. The molecule has 0 N–H and O–H groups in total. The Balaban J connectivity index is 1.91. The standard InChI is InChI=1S/C18H16Cl2N2O5S/c19-12-5-6-16(22(24)25)14(11-12)18(23)21-8-7-17(28(26,27)10-9-21)13-3-1-2-4-15(13)20/h1-6,11,17H,7-10H2. The highest BCUT2D eigenvalue weighted by molar-refractivity contribution is 7.91. The first-order valence-corrected chi connectivity index (χ1v) is 10.9. The Morgan fingerprint density at radius 1 is 1.14 bits per heavy atom. The summed E-state index contributed by atoms with van der Waals surface area (Å²) in [6.07, 6.45) is 0.145. The minimum atomic E-state index is -3.56. The van der Waals surface area contributed by atoms with Gasteiger partial charge in [0, 0.05) is 29.2 Å². The van der Waals surface area contributed by atoms with Crippen molar-refractivity contribution < 1.29 is 18.1 Å². The largest absolute Gasteiger partial charge is 0.337 e. The zero-order chi connectivity index (χ0) is 20.5. The third kappa shape index (κ3) is 4.14. The number of benzene rings is 2. The smallest absolute Gasteiger partial charge is 0.282 e. The molecule has 1 saturated heterocycles. The lowest BCUT2D eigenvalue weighted by atomic mass is 10.1. The first-order chi connectivity index (χ1) is 13.2. The van der Waals surface area contributed by atoms with E-state index in [4.69, 9.17) is 23.2 Å². The molecular weight excluding hydrogens is 427 g/mol. The molecule has 1 aliphatic heterocycles. The number of carbonyl (C=O) groups is 1. The molecule has 1 unspecified atom stereocenters. The van der Waals surface area contributed by atoms with Crippen molar-refractivity contribution in [1.29, 1.82) is 0 Å². The van der Waals surface area contributed by atoms with Crippen LogP contribution in [0.1, 0.15) is 27.6 Å². The predicted octanol–water partition coefficient (Wildman–Crippen LogP) is 3.90. The maximum Gasteiger partial charge on any atom is 0.282 e. The highest BCUT2D eigenvalue weighted by atomic mass is 35.5. The molecule has 7 nitrogen and oxygen atoms in total. The van der Waals surface area contributed by atoms with Gasteiger partial charge >= 0.3 is 0 Å². The number of nitro benzene ring substituents is 1. The molecule has 0 aromatic heterocycles. The molecule has 1 atom stereocenters. The van der Waals surface area contributed by atoms with E-state index in [9.17, 15) is 23.3 Å². The number of carbonyl (C=O) groups excluding carboxylic acids is 1. The van der Waals surface area contributed by atoms with E-state index < -0.39 is 25.9 Å². The van der Waals surface area contributed by atoms with Crippen molar-refractivity contribution in [3.63, 3.8) is 0 Å². The molecular formula is C18H16Cl2N2O5S. The fraction of sp³-hybridized carbons (Fsp3) is 0.278. The number of hydrogen-bond acceptors (Lipinski definition) is 5. The summed E-state index contributed by atoms with van der Waals surface area (Å²) in [4.78, 5) is 24.8. The molecule has 28 heavy (non-hydrogen) atoms. The quantitative estimate of drug-likeness (QED) is 0.529. The van der Waals surface area contributed by atoms with E-state index >= 15 is 0 Å². The molecule has 1 heterocycles. The van der Waals surface area contributed by atoms with E-state index in [0.717, 1.165) is 6.07 Å². The lowest BCUT2D eigenvalue weighted by Gasteiger charge is -2.20. The van der Waals surface area contributed by atoms with E-state index in [1.807, 2.05) is 0 Å². The normalized spacial score (nSPS) is 19.1. The summed E-state index contributed by atoms with van der Waals surface area (Å²) in [5.74, 6) is -0.882. The number of amides is 1. The first kappa shape index (κ1) is 20.6. The Labute approximate surface area is 171 Å². The SMILES string of the molecule is O=C(c1cc(Cl)ccc1[N+](=O)[O-])N1CCC(c2ccccc2Cl)S(=O)(=O)CC1. The van der Waals surface area contributed by atoms with Crippen molar-refractivity contribution in [2.75, 3.05) is 18.8 Å². The summed E-state index contributed by atoms with van der Waals surface area (Å²) in [5, 5.41) is 10.9. The van der Waals surface area contributed by atoms with Crippen LogP contribution in [0.2, 0.25) is 10.0 Å². The fourth-order valence-electron chi connectivity index (χ4n) is 3.24. The number of nitrogens with zero attached hydrogens (tertiary/aromatic N) is 2. The van der Waals surface area contributed by atoms with Gasteiger partial charge in [-0.2, -0.15) is 0 Å². The molecule has 0 radical (unpaired) electrons. The van der Waals surface area contributed by atoms with Crippen molar-refractivity contribution in [2.24, 2.45) is 0 Å². The predicted molar refractivity (Wildman–Crippen MR) is 107 cm³/mol. The molecule has 0 aliphatic carbocycles. The van der Waals surface area contributed by atoms with Gasteiger partial charge in [-0.15, -0.1) is 0 Å². The Morgan fingerprint density at radius 2 is 1.86 bits per heavy atom. The third-order valence-corrected chi connectivity index (χ3v) is 7.35. The van der Waals surface area contributed by atoms with Crippen LogP contribution in [-0.4, -0.2) is 43.0 Å². The van der Waals surface area contributed by atoms with Gasteiger partial charge in [0.1, 0.15) is 5.56 Å². The summed E-state index contributed by atoms with van der Waals surface area (Å²) < 4.78 is 25.5. The molecule has 2 aromatic rings. The monoisotopic (exact) mass is 442 g/mol. The van der Waals surface area contributed by atoms with Gasteiger partial charge in [0.2, 0.25) is 0 Å². The van der Waals surface area contributed by atoms with Gasteiger partial charge in [-0.3, -0.25) is 14.9 Å². The van der Waals surface area contributed by atoms with Crippen LogP contribution in [-0.2, 0) is 9.84 Å². The summed E-state index contributed by atoms with van der Waals surface area (Å²) in [7, 11) is -3.56. The second-order valence-corrected chi connectivity index (χ2v) is 9.52. The zero-order valence-electron chi connectivity index (χ0n) is 14.5.